The van der Waals surface area contributed by atoms with Gasteiger partial charge in [-0.3, -0.25) is 13.9 Å². The zero-order chi connectivity index (χ0) is 21.5. The molecular formula is C21H17N3O4S3. The molecule has 0 amide bonds. The van der Waals surface area contributed by atoms with E-state index in [0.29, 0.717) is 31.0 Å². The van der Waals surface area contributed by atoms with Crippen molar-refractivity contribution < 1.29 is 14.2 Å². The number of hydrogen-bond donors (Lipinski definition) is 0. The lowest BCUT2D eigenvalue weighted by molar-refractivity contribution is 0.174. The van der Waals surface area contributed by atoms with E-state index in [0.717, 1.165) is 22.7 Å². The molecule has 5 rings (SSSR count). The molecule has 0 spiro atoms. The lowest BCUT2D eigenvalue weighted by Crippen LogP contribution is -2.19. The van der Waals surface area contributed by atoms with Gasteiger partial charge in [0.15, 0.2) is 26.3 Å². The van der Waals surface area contributed by atoms with Crippen molar-refractivity contribution >= 4 is 45.7 Å². The zero-order valence-corrected chi connectivity index (χ0v) is 19.1. The Bertz CT molecular complexity index is 1420. The van der Waals surface area contributed by atoms with Crippen LogP contribution >= 0.6 is 35.3 Å². The summed E-state index contributed by atoms with van der Waals surface area (Å²) < 4.78 is 20.6. The zero-order valence-electron chi connectivity index (χ0n) is 16.7. The number of fused-ring (bicyclic) bond motifs is 2. The highest BCUT2D eigenvalue weighted by molar-refractivity contribution is 7.98. The van der Waals surface area contributed by atoms with Gasteiger partial charge in [-0.25, -0.2) is 4.98 Å². The Labute approximate surface area is 190 Å². The first-order valence-corrected chi connectivity index (χ1v) is 11.5. The molecule has 10 heteroatoms. The fourth-order valence-electron chi connectivity index (χ4n) is 3.30. The maximum Gasteiger partial charge on any atom is 0.273 e. The smallest absolute Gasteiger partial charge is 0.273 e. The fraction of sp³-hybridized carbons (Fsp3) is 0.190. The highest BCUT2D eigenvalue weighted by Gasteiger charge is 2.18. The van der Waals surface area contributed by atoms with Crippen LogP contribution in [0.1, 0.15) is 5.56 Å². The number of nitrogens with zero attached hydrogens (tertiary/aromatic N) is 3. The van der Waals surface area contributed by atoms with E-state index in [2.05, 4.69) is 0 Å². The van der Waals surface area contributed by atoms with E-state index < -0.39 is 0 Å². The maximum atomic E-state index is 13.0. The monoisotopic (exact) mass is 471 g/mol. The summed E-state index contributed by atoms with van der Waals surface area (Å²) in [6.45, 7) is 0.241. The third-order valence-electron chi connectivity index (χ3n) is 4.89. The molecule has 0 atom stereocenters. The van der Waals surface area contributed by atoms with Crippen LogP contribution in [0.2, 0.25) is 0 Å². The minimum Gasteiger partial charge on any atom is -0.497 e. The molecule has 0 bridgehead atoms. The van der Waals surface area contributed by atoms with E-state index in [9.17, 15) is 4.79 Å². The number of hydrogen-bond acceptors (Lipinski definition) is 8. The Kier molecular flexibility index (Phi) is 5.20. The van der Waals surface area contributed by atoms with Crippen molar-refractivity contribution in [1.29, 1.82) is 0 Å². The molecule has 0 aliphatic carbocycles. The molecule has 4 aromatic rings. The standard InChI is InChI=1S/C21H17N3O4S3/c1-23-19(25)17-18(24(21(29)31-17)13-4-3-5-14(9-13)26-2)22-20(23)30-10-12-6-7-15-16(8-12)28-11-27-15/h3-9H,10-11H2,1-2H3. The molecule has 31 heavy (non-hydrogen) atoms. The molecule has 0 saturated carbocycles. The van der Waals surface area contributed by atoms with Crippen LogP contribution in [-0.2, 0) is 12.8 Å². The molecular weight excluding hydrogens is 454 g/mol. The van der Waals surface area contributed by atoms with Gasteiger partial charge in [-0.1, -0.05) is 35.2 Å². The molecule has 2 aromatic carbocycles. The number of thioether (sulfide) groups is 1. The van der Waals surface area contributed by atoms with Crippen molar-refractivity contribution in [3.8, 4) is 22.9 Å². The topological polar surface area (TPSA) is 67.5 Å². The number of benzene rings is 2. The average Bonchev–Trinajstić information content (AvgIpc) is 3.38. The number of thiazole rings is 1. The van der Waals surface area contributed by atoms with Crippen molar-refractivity contribution in [3.05, 3.63) is 62.3 Å². The number of aromatic nitrogens is 3. The molecule has 0 saturated heterocycles. The second kappa shape index (κ2) is 8.03. The Morgan fingerprint density at radius 3 is 2.90 bits per heavy atom. The molecule has 0 radical (unpaired) electrons. The second-order valence-electron chi connectivity index (χ2n) is 6.79. The van der Waals surface area contributed by atoms with E-state index >= 15 is 0 Å². The second-order valence-corrected chi connectivity index (χ2v) is 9.38. The highest BCUT2D eigenvalue weighted by Crippen LogP contribution is 2.34. The molecule has 7 nitrogen and oxygen atoms in total. The van der Waals surface area contributed by atoms with Crippen LogP contribution in [0.4, 0.5) is 0 Å². The Morgan fingerprint density at radius 1 is 1.23 bits per heavy atom. The van der Waals surface area contributed by atoms with Gasteiger partial charge in [0.25, 0.3) is 5.56 Å². The Balaban J connectivity index is 1.55. The molecule has 1 aliphatic rings. The quantitative estimate of drug-likeness (QED) is 0.240. The summed E-state index contributed by atoms with van der Waals surface area (Å²) in [7, 11) is 3.35. The predicted octanol–water partition coefficient (Wildman–Crippen LogP) is 4.54. The minimum absolute atomic E-state index is 0.115. The molecule has 1 aliphatic heterocycles. The predicted molar refractivity (Wildman–Crippen MR) is 124 cm³/mol. The molecule has 3 heterocycles. The fourth-order valence-corrected chi connectivity index (χ4v) is 5.55. The van der Waals surface area contributed by atoms with Gasteiger partial charge in [-0.05, 0) is 42.0 Å². The maximum absolute atomic E-state index is 13.0. The molecule has 0 N–H and O–H groups in total. The largest absolute Gasteiger partial charge is 0.497 e. The lowest BCUT2D eigenvalue weighted by Gasteiger charge is -2.10. The van der Waals surface area contributed by atoms with Crippen LogP contribution in [0, 0.1) is 3.95 Å². The van der Waals surface area contributed by atoms with Crippen molar-refractivity contribution in [2.24, 2.45) is 7.05 Å². The van der Waals surface area contributed by atoms with E-state index in [-0.39, 0.29) is 12.4 Å². The third kappa shape index (κ3) is 3.60. The van der Waals surface area contributed by atoms with E-state index in [1.54, 1.807) is 18.7 Å². The summed E-state index contributed by atoms with van der Waals surface area (Å²) in [5, 5.41) is 0.611. The summed E-state index contributed by atoms with van der Waals surface area (Å²) >= 11 is 8.32. The lowest BCUT2D eigenvalue weighted by atomic mass is 10.2. The summed E-state index contributed by atoms with van der Waals surface area (Å²) in [4.78, 5) is 17.8. The van der Waals surface area contributed by atoms with E-state index in [1.807, 2.05) is 47.0 Å². The number of rotatable bonds is 5. The van der Waals surface area contributed by atoms with Crippen molar-refractivity contribution in [1.82, 2.24) is 14.1 Å². The van der Waals surface area contributed by atoms with Gasteiger partial charge in [-0.15, -0.1) is 0 Å². The normalized spacial score (nSPS) is 12.5. The average molecular weight is 472 g/mol. The van der Waals surface area contributed by atoms with Crippen LogP contribution in [0.3, 0.4) is 0 Å². The molecule has 0 unspecified atom stereocenters. The summed E-state index contributed by atoms with van der Waals surface area (Å²) in [5.74, 6) is 2.82. The SMILES string of the molecule is COc1cccc(-n2c(=S)sc3c(=O)n(C)c(SCc4ccc5c(c4)OCO5)nc32)c1. The van der Waals surface area contributed by atoms with Crippen molar-refractivity contribution in [2.45, 2.75) is 10.9 Å². The van der Waals surface area contributed by atoms with Gasteiger partial charge in [0.2, 0.25) is 6.79 Å². The van der Waals surface area contributed by atoms with E-state index in [1.165, 1.54) is 23.1 Å². The molecule has 2 aromatic heterocycles. The Hall–Kier alpha value is -2.82. The number of methoxy groups -OCH3 is 1. The van der Waals surface area contributed by atoms with Crippen molar-refractivity contribution in [2.75, 3.05) is 13.9 Å². The van der Waals surface area contributed by atoms with Crippen LogP contribution in [0.5, 0.6) is 17.2 Å². The molecule has 158 valence electrons. The van der Waals surface area contributed by atoms with Gasteiger partial charge in [0.05, 0.1) is 12.8 Å². The first-order valence-electron chi connectivity index (χ1n) is 9.33. The van der Waals surface area contributed by atoms with Gasteiger partial charge in [-0.2, -0.15) is 0 Å². The van der Waals surface area contributed by atoms with Gasteiger partial charge >= 0.3 is 0 Å². The summed E-state index contributed by atoms with van der Waals surface area (Å²) in [6.07, 6.45) is 0. The van der Waals surface area contributed by atoms with Gasteiger partial charge < -0.3 is 14.2 Å². The first kappa shape index (κ1) is 20.1. The minimum atomic E-state index is -0.115. The molecule has 0 fully saturated rings. The van der Waals surface area contributed by atoms with Crippen molar-refractivity contribution in [3.63, 3.8) is 0 Å². The number of ether oxygens (including phenoxy) is 3. The van der Waals surface area contributed by atoms with Crippen LogP contribution in [0.15, 0.2) is 52.4 Å². The van der Waals surface area contributed by atoms with Gasteiger partial charge in [0.1, 0.15) is 10.4 Å². The third-order valence-corrected chi connectivity index (χ3v) is 7.34. The highest BCUT2D eigenvalue weighted by atomic mass is 32.2. The summed E-state index contributed by atoms with van der Waals surface area (Å²) in [5.41, 5.74) is 2.30. The summed E-state index contributed by atoms with van der Waals surface area (Å²) in [6, 6.07) is 13.4. The van der Waals surface area contributed by atoms with Crippen LogP contribution < -0.4 is 19.8 Å². The first-order chi connectivity index (χ1) is 15.0. The Morgan fingerprint density at radius 2 is 2.06 bits per heavy atom. The van der Waals surface area contributed by atoms with E-state index in [4.69, 9.17) is 31.4 Å². The van der Waals surface area contributed by atoms with Crippen LogP contribution in [-0.4, -0.2) is 28.0 Å². The van der Waals surface area contributed by atoms with Crippen LogP contribution in [0.25, 0.3) is 16.0 Å². The van der Waals surface area contributed by atoms with Gasteiger partial charge in [0, 0.05) is 18.9 Å².